The van der Waals surface area contributed by atoms with E-state index in [1.807, 2.05) is 36.6 Å². The molecule has 5 heteroatoms. The van der Waals surface area contributed by atoms with Crippen LogP contribution in [0.2, 0.25) is 0 Å². The summed E-state index contributed by atoms with van der Waals surface area (Å²) < 4.78 is 14.0. The van der Waals surface area contributed by atoms with E-state index in [0.29, 0.717) is 12.2 Å². The van der Waals surface area contributed by atoms with Crippen molar-refractivity contribution in [2.24, 2.45) is 0 Å². The molecule has 156 valence electrons. The van der Waals surface area contributed by atoms with Crippen LogP contribution >= 0.6 is 11.8 Å². The van der Waals surface area contributed by atoms with E-state index in [4.69, 9.17) is 5.73 Å². The first-order valence-electron chi connectivity index (χ1n) is 9.99. The van der Waals surface area contributed by atoms with Gasteiger partial charge in [0.25, 0.3) is 0 Å². The van der Waals surface area contributed by atoms with Crippen molar-refractivity contribution >= 4 is 40.6 Å². The van der Waals surface area contributed by atoms with Gasteiger partial charge in [-0.1, -0.05) is 30.3 Å². The van der Waals surface area contributed by atoms with Gasteiger partial charge in [0.05, 0.1) is 6.42 Å². The second kappa shape index (κ2) is 9.23. The summed E-state index contributed by atoms with van der Waals surface area (Å²) in [4.78, 5) is 13.8. The fourth-order valence-electron chi connectivity index (χ4n) is 3.66. The molecule has 0 atom stereocenters. The standard InChI is InChI=1S/C26H23FN2OS/c1-31-23-8-5-17(6-9-23)11-19-13-20(25-15-21(27)7-10-24(19)25)14-26(30)29-16-18-3-2-4-22(28)12-18/h2-13,15H,14,16,28H2,1H3,(H,29,30). The highest BCUT2D eigenvalue weighted by molar-refractivity contribution is 7.98. The number of amides is 1. The Morgan fingerprint density at radius 3 is 2.61 bits per heavy atom. The van der Waals surface area contributed by atoms with Crippen LogP contribution in [0.4, 0.5) is 10.1 Å². The Hall–Kier alpha value is -3.31. The van der Waals surface area contributed by atoms with E-state index in [-0.39, 0.29) is 18.1 Å². The maximum absolute atomic E-state index is 14.0. The number of hydrogen-bond acceptors (Lipinski definition) is 3. The summed E-state index contributed by atoms with van der Waals surface area (Å²) >= 11 is 1.70. The zero-order valence-corrected chi connectivity index (χ0v) is 18.0. The third-order valence-corrected chi connectivity index (χ3v) is 5.94. The van der Waals surface area contributed by atoms with Crippen molar-refractivity contribution in [2.75, 3.05) is 12.0 Å². The highest BCUT2D eigenvalue weighted by Crippen LogP contribution is 2.38. The molecule has 1 aliphatic carbocycles. The third-order valence-electron chi connectivity index (χ3n) is 5.20. The minimum atomic E-state index is -0.310. The Labute approximate surface area is 185 Å². The number of rotatable bonds is 6. The van der Waals surface area contributed by atoms with Crippen LogP contribution in [0.15, 0.2) is 77.7 Å². The van der Waals surface area contributed by atoms with Gasteiger partial charge in [0.15, 0.2) is 0 Å². The van der Waals surface area contributed by atoms with Crippen LogP contribution in [0.1, 0.15) is 28.7 Å². The van der Waals surface area contributed by atoms with Gasteiger partial charge in [-0.15, -0.1) is 11.8 Å². The van der Waals surface area contributed by atoms with E-state index in [0.717, 1.165) is 33.4 Å². The molecule has 0 saturated heterocycles. The molecule has 0 saturated carbocycles. The second-order valence-corrected chi connectivity index (χ2v) is 8.31. The van der Waals surface area contributed by atoms with Gasteiger partial charge in [-0.25, -0.2) is 4.39 Å². The number of nitrogen functional groups attached to an aromatic ring is 1. The lowest BCUT2D eigenvalue weighted by Gasteiger charge is -2.08. The average Bonchev–Trinajstić information content (AvgIpc) is 3.09. The Kier molecular flexibility index (Phi) is 6.23. The summed E-state index contributed by atoms with van der Waals surface area (Å²) in [5.41, 5.74) is 12.0. The molecule has 0 aromatic heterocycles. The zero-order chi connectivity index (χ0) is 21.8. The fraction of sp³-hybridized carbons (Fsp3) is 0.115. The number of nitrogens with one attached hydrogen (secondary N) is 1. The normalized spacial score (nSPS) is 13.7. The van der Waals surface area contributed by atoms with Crippen LogP contribution in [0.5, 0.6) is 0 Å². The maximum atomic E-state index is 14.0. The van der Waals surface area contributed by atoms with Crippen molar-refractivity contribution in [1.82, 2.24) is 5.32 Å². The number of benzene rings is 3. The molecule has 3 nitrogen and oxygen atoms in total. The van der Waals surface area contributed by atoms with E-state index in [1.165, 1.54) is 17.0 Å². The number of anilines is 1. The number of halogens is 1. The van der Waals surface area contributed by atoms with E-state index in [2.05, 4.69) is 35.7 Å². The van der Waals surface area contributed by atoms with Gasteiger partial charge in [0, 0.05) is 17.1 Å². The lowest BCUT2D eigenvalue weighted by molar-refractivity contribution is -0.120. The molecule has 1 aliphatic rings. The van der Waals surface area contributed by atoms with Gasteiger partial charge in [-0.05, 0) is 88.2 Å². The van der Waals surface area contributed by atoms with Crippen LogP contribution in [0, 0.1) is 5.82 Å². The van der Waals surface area contributed by atoms with Gasteiger partial charge in [0.1, 0.15) is 5.82 Å². The van der Waals surface area contributed by atoms with E-state index < -0.39 is 0 Å². The quantitative estimate of drug-likeness (QED) is 0.385. The van der Waals surface area contributed by atoms with Gasteiger partial charge >= 0.3 is 0 Å². The van der Waals surface area contributed by atoms with Crippen molar-refractivity contribution in [3.63, 3.8) is 0 Å². The number of fused-ring (bicyclic) bond motifs is 1. The van der Waals surface area contributed by atoms with Crippen LogP contribution < -0.4 is 11.1 Å². The summed E-state index contributed by atoms with van der Waals surface area (Å²) in [7, 11) is 0. The second-order valence-electron chi connectivity index (χ2n) is 7.43. The molecule has 0 unspecified atom stereocenters. The molecule has 0 radical (unpaired) electrons. The number of carbonyl (C=O) groups is 1. The van der Waals surface area contributed by atoms with Crippen molar-refractivity contribution in [2.45, 2.75) is 17.9 Å². The molecule has 0 heterocycles. The number of thioether (sulfide) groups is 1. The Morgan fingerprint density at radius 1 is 1.06 bits per heavy atom. The molecular formula is C26H23FN2OS. The Morgan fingerprint density at radius 2 is 1.87 bits per heavy atom. The van der Waals surface area contributed by atoms with Crippen molar-refractivity contribution < 1.29 is 9.18 Å². The molecule has 3 aromatic carbocycles. The minimum absolute atomic E-state index is 0.116. The van der Waals surface area contributed by atoms with Gasteiger partial charge in [-0.2, -0.15) is 0 Å². The summed E-state index contributed by atoms with van der Waals surface area (Å²) in [6, 6.07) is 20.4. The van der Waals surface area contributed by atoms with E-state index in [1.54, 1.807) is 17.8 Å². The predicted molar refractivity (Wildman–Crippen MR) is 128 cm³/mol. The molecule has 4 rings (SSSR count). The first kappa shape index (κ1) is 20.9. The lowest BCUT2D eigenvalue weighted by atomic mass is 10.0. The molecule has 31 heavy (non-hydrogen) atoms. The minimum Gasteiger partial charge on any atom is -0.399 e. The number of nitrogens with two attached hydrogens (primary N) is 1. The van der Waals surface area contributed by atoms with Crippen LogP contribution in [-0.4, -0.2) is 12.2 Å². The van der Waals surface area contributed by atoms with Crippen LogP contribution in [-0.2, 0) is 11.3 Å². The molecule has 1 amide bonds. The summed E-state index contributed by atoms with van der Waals surface area (Å²) in [5.74, 6) is -0.426. The molecule has 0 aliphatic heterocycles. The maximum Gasteiger partial charge on any atom is 0.224 e. The van der Waals surface area contributed by atoms with E-state index >= 15 is 0 Å². The summed E-state index contributed by atoms with van der Waals surface area (Å²) in [5, 5.41) is 2.92. The Bertz CT molecular complexity index is 1180. The molecule has 0 bridgehead atoms. The molecule has 0 fully saturated rings. The summed E-state index contributed by atoms with van der Waals surface area (Å²) in [6.45, 7) is 0.400. The highest BCUT2D eigenvalue weighted by atomic mass is 32.2. The highest BCUT2D eigenvalue weighted by Gasteiger charge is 2.21. The smallest absolute Gasteiger partial charge is 0.224 e. The van der Waals surface area contributed by atoms with E-state index in [9.17, 15) is 9.18 Å². The van der Waals surface area contributed by atoms with Crippen molar-refractivity contribution in [3.8, 4) is 0 Å². The largest absolute Gasteiger partial charge is 0.399 e. The Balaban J connectivity index is 1.54. The molecule has 0 spiro atoms. The molecular weight excluding hydrogens is 407 g/mol. The predicted octanol–water partition coefficient (Wildman–Crippen LogP) is 5.77. The summed E-state index contributed by atoms with van der Waals surface area (Å²) in [6.07, 6.45) is 6.27. The first-order valence-corrected chi connectivity index (χ1v) is 11.2. The molecule has 3 aromatic rings. The van der Waals surface area contributed by atoms with Gasteiger partial charge in [-0.3, -0.25) is 4.79 Å². The number of carbonyl (C=O) groups excluding carboxylic acids is 1. The first-order chi connectivity index (χ1) is 15.0. The van der Waals surface area contributed by atoms with Crippen LogP contribution in [0.3, 0.4) is 0 Å². The number of allylic oxidation sites excluding steroid dienone is 2. The SMILES string of the molecule is CSc1ccc(C=C2C=C(CC(=O)NCc3cccc(N)c3)c3cc(F)ccc32)cc1. The monoisotopic (exact) mass is 430 g/mol. The van der Waals surface area contributed by atoms with Gasteiger partial charge in [0.2, 0.25) is 5.91 Å². The zero-order valence-electron chi connectivity index (χ0n) is 17.2. The van der Waals surface area contributed by atoms with Crippen molar-refractivity contribution in [1.29, 1.82) is 0 Å². The fourth-order valence-corrected chi connectivity index (χ4v) is 4.07. The third kappa shape index (κ3) is 5.06. The van der Waals surface area contributed by atoms with Crippen LogP contribution in [0.25, 0.3) is 17.2 Å². The number of hydrogen-bond donors (Lipinski definition) is 2. The topological polar surface area (TPSA) is 55.1 Å². The van der Waals surface area contributed by atoms with Gasteiger partial charge < -0.3 is 11.1 Å². The average molecular weight is 431 g/mol. The molecule has 3 N–H and O–H groups in total. The lowest BCUT2D eigenvalue weighted by Crippen LogP contribution is -2.22. The van der Waals surface area contributed by atoms with Crippen molar-refractivity contribution in [3.05, 3.63) is 101 Å².